The molecule has 5 nitrogen and oxygen atoms in total. The van der Waals surface area contributed by atoms with Gasteiger partial charge in [0.15, 0.2) is 0 Å². The van der Waals surface area contributed by atoms with Gasteiger partial charge in [0.25, 0.3) is 5.91 Å². The van der Waals surface area contributed by atoms with E-state index in [1.165, 1.54) is 12.3 Å². The summed E-state index contributed by atoms with van der Waals surface area (Å²) in [6, 6.07) is 3.11. The Kier molecular flexibility index (Phi) is 3.62. The van der Waals surface area contributed by atoms with Gasteiger partial charge in [-0.1, -0.05) is 11.6 Å². The number of pyridine rings is 1. The second-order valence-corrected chi connectivity index (χ2v) is 4.23. The quantitative estimate of drug-likeness (QED) is 0.924. The van der Waals surface area contributed by atoms with Crippen LogP contribution >= 0.6 is 11.6 Å². The molecule has 94 valence electrons. The van der Waals surface area contributed by atoms with Crippen molar-refractivity contribution in [2.75, 3.05) is 0 Å². The first-order valence-electron chi connectivity index (χ1n) is 5.39. The summed E-state index contributed by atoms with van der Waals surface area (Å²) in [4.78, 5) is 19.9. The van der Waals surface area contributed by atoms with Crippen LogP contribution in [0.4, 0.5) is 0 Å². The molecule has 0 aliphatic rings. The second kappa shape index (κ2) is 5.18. The minimum Gasteiger partial charge on any atom is -0.444 e. The molecule has 0 fully saturated rings. The Hall–Kier alpha value is -1.88. The average molecular weight is 266 g/mol. The van der Waals surface area contributed by atoms with E-state index in [4.69, 9.17) is 16.0 Å². The van der Waals surface area contributed by atoms with E-state index in [-0.39, 0.29) is 18.1 Å². The van der Waals surface area contributed by atoms with Gasteiger partial charge >= 0.3 is 0 Å². The third kappa shape index (κ3) is 2.87. The third-order valence-corrected chi connectivity index (χ3v) is 2.66. The molecule has 0 bridgehead atoms. The summed E-state index contributed by atoms with van der Waals surface area (Å²) in [5.74, 6) is 0.909. The largest absolute Gasteiger partial charge is 0.444 e. The Bertz CT molecular complexity index is 561. The lowest BCUT2D eigenvalue weighted by Gasteiger charge is -2.01. The van der Waals surface area contributed by atoms with Crippen LogP contribution in [0.5, 0.6) is 0 Å². The van der Waals surface area contributed by atoms with Crippen molar-refractivity contribution in [3.8, 4) is 0 Å². The van der Waals surface area contributed by atoms with Crippen molar-refractivity contribution in [1.82, 2.24) is 15.3 Å². The number of aromatic nitrogens is 2. The normalized spacial score (nSPS) is 10.4. The topological polar surface area (TPSA) is 68.0 Å². The molecular weight excluding hydrogens is 254 g/mol. The Morgan fingerprint density at radius 2 is 2.28 bits per heavy atom. The van der Waals surface area contributed by atoms with Crippen molar-refractivity contribution in [2.45, 2.75) is 20.4 Å². The summed E-state index contributed by atoms with van der Waals surface area (Å²) in [5.41, 5.74) is 1.09. The summed E-state index contributed by atoms with van der Waals surface area (Å²) in [6.07, 6.45) is 1.48. The number of carbonyl (C=O) groups is 1. The van der Waals surface area contributed by atoms with Crippen LogP contribution in [0.3, 0.4) is 0 Å². The van der Waals surface area contributed by atoms with Crippen LogP contribution in [0.1, 0.15) is 27.8 Å². The first-order valence-corrected chi connectivity index (χ1v) is 5.76. The predicted molar refractivity (Wildman–Crippen MR) is 66.4 cm³/mol. The van der Waals surface area contributed by atoms with E-state index >= 15 is 0 Å². The SMILES string of the molecule is Cc1nc(CNC(=O)c2cc(Cl)ccn2)oc1C. The Morgan fingerprint density at radius 3 is 2.89 bits per heavy atom. The average Bonchev–Trinajstić information content (AvgIpc) is 2.66. The van der Waals surface area contributed by atoms with Gasteiger partial charge in [-0.05, 0) is 26.0 Å². The van der Waals surface area contributed by atoms with E-state index in [0.717, 1.165) is 11.5 Å². The number of amides is 1. The highest BCUT2D eigenvalue weighted by atomic mass is 35.5. The van der Waals surface area contributed by atoms with Crippen LogP contribution in [0.2, 0.25) is 5.02 Å². The molecule has 2 heterocycles. The second-order valence-electron chi connectivity index (χ2n) is 3.79. The monoisotopic (exact) mass is 265 g/mol. The number of nitrogens with one attached hydrogen (secondary N) is 1. The van der Waals surface area contributed by atoms with E-state index in [2.05, 4.69) is 15.3 Å². The lowest BCUT2D eigenvalue weighted by Crippen LogP contribution is -2.23. The fraction of sp³-hybridized carbons (Fsp3) is 0.250. The molecule has 18 heavy (non-hydrogen) atoms. The maximum Gasteiger partial charge on any atom is 0.270 e. The molecule has 0 aliphatic heterocycles. The first-order chi connectivity index (χ1) is 8.56. The molecule has 0 saturated carbocycles. The maximum absolute atomic E-state index is 11.8. The molecule has 1 N–H and O–H groups in total. The van der Waals surface area contributed by atoms with Gasteiger partial charge in [-0.2, -0.15) is 0 Å². The highest BCUT2D eigenvalue weighted by Gasteiger charge is 2.10. The lowest BCUT2D eigenvalue weighted by atomic mass is 10.3. The number of hydrogen-bond donors (Lipinski definition) is 1. The van der Waals surface area contributed by atoms with Crippen LogP contribution < -0.4 is 5.32 Å². The molecule has 1 amide bonds. The standard InChI is InChI=1S/C12H12ClN3O2/c1-7-8(2)18-11(16-7)6-15-12(17)10-5-9(13)3-4-14-10/h3-5H,6H2,1-2H3,(H,15,17). The summed E-state index contributed by atoms with van der Waals surface area (Å²) in [6.45, 7) is 3.90. The maximum atomic E-state index is 11.8. The molecule has 6 heteroatoms. The van der Waals surface area contributed by atoms with Gasteiger partial charge in [-0.15, -0.1) is 0 Å². The number of halogens is 1. The molecular formula is C12H12ClN3O2. The van der Waals surface area contributed by atoms with Gasteiger partial charge in [0.05, 0.1) is 12.2 Å². The molecule has 0 aromatic carbocycles. The zero-order chi connectivity index (χ0) is 13.1. The van der Waals surface area contributed by atoms with Crippen LogP contribution in [-0.2, 0) is 6.54 Å². The van der Waals surface area contributed by atoms with Gasteiger partial charge in [-0.3, -0.25) is 9.78 Å². The summed E-state index contributed by atoms with van der Waals surface area (Å²) in [7, 11) is 0. The Morgan fingerprint density at radius 1 is 1.50 bits per heavy atom. The van der Waals surface area contributed by atoms with Gasteiger partial charge in [0.1, 0.15) is 11.5 Å². The van der Waals surface area contributed by atoms with Crippen molar-refractivity contribution in [3.05, 3.63) is 46.4 Å². The molecule has 0 unspecified atom stereocenters. The van der Waals surface area contributed by atoms with Crippen LogP contribution in [0.25, 0.3) is 0 Å². The van der Waals surface area contributed by atoms with E-state index in [9.17, 15) is 4.79 Å². The molecule has 0 aliphatic carbocycles. The van der Waals surface area contributed by atoms with Crippen LogP contribution in [0.15, 0.2) is 22.7 Å². The lowest BCUT2D eigenvalue weighted by molar-refractivity contribution is 0.0942. The summed E-state index contributed by atoms with van der Waals surface area (Å²) < 4.78 is 5.35. The molecule has 2 aromatic rings. The van der Waals surface area contributed by atoms with E-state index in [1.807, 2.05) is 13.8 Å². The smallest absolute Gasteiger partial charge is 0.270 e. The number of aryl methyl sites for hydroxylation is 2. The van der Waals surface area contributed by atoms with Crippen molar-refractivity contribution in [2.24, 2.45) is 0 Å². The van der Waals surface area contributed by atoms with Gasteiger partial charge in [0, 0.05) is 11.2 Å². The van der Waals surface area contributed by atoms with Crippen molar-refractivity contribution >= 4 is 17.5 Å². The zero-order valence-corrected chi connectivity index (χ0v) is 10.8. The van der Waals surface area contributed by atoms with Crippen LogP contribution in [-0.4, -0.2) is 15.9 Å². The summed E-state index contributed by atoms with van der Waals surface area (Å²) in [5, 5.41) is 3.14. The highest BCUT2D eigenvalue weighted by Crippen LogP contribution is 2.09. The van der Waals surface area contributed by atoms with Gasteiger partial charge in [-0.25, -0.2) is 4.98 Å². The van der Waals surface area contributed by atoms with Gasteiger partial charge < -0.3 is 9.73 Å². The van der Waals surface area contributed by atoms with Crippen molar-refractivity contribution in [1.29, 1.82) is 0 Å². The molecule has 2 aromatic heterocycles. The fourth-order valence-corrected chi connectivity index (χ4v) is 1.55. The number of hydrogen-bond acceptors (Lipinski definition) is 4. The summed E-state index contributed by atoms with van der Waals surface area (Å²) >= 11 is 5.78. The fourth-order valence-electron chi connectivity index (χ4n) is 1.39. The zero-order valence-electron chi connectivity index (χ0n) is 10.0. The number of carbonyl (C=O) groups excluding carboxylic acids is 1. The molecule has 2 rings (SSSR count). The van der Waals surface area contributed by atoms with Crippen molar-refractivity contribution < 1.29 is 9.21 Å². The molecule has 0 spiro atoms. The van der Waals surface area contributed by atoms with E-state index in [0.29, 0.717) is 10.9 Å². The molecule has 0 saturated heterocycles. The Balaban J connectivity index is 2.00. The minimum atomic E-state index is -0.314. The number of nitrogens with zero attached hydrogens (tertiary/aromatic N) is 2. The minimum absolute atomic E-state index is 0.224. The van der Waals surface area contributed by atoms with Crippen molar-refractivity contribution in [3.63, 3.8) is 0 Å². The Labute approximate surface area is 109 Å². The van der Waals surface area contributed by atoms with E-state index in [1.54, 1.807) is 6.07 Å². The number of rotatable bonds is 3. The third-order valence-electron chi connectivity index (χ3n) is 2.43. The molecule has 0 atom stereocenters. The van der Waals surface area contributed by atoms with Crippen LogP contribution in [0, 0.1) is 13.8 Å². The highest BCUT2D eigenvalue weighted by molar-refractivity contribution is 6.30. The van der Waals surface area contributed by atoms with Gasteiger partial charge in [0.2, 0.25) is 5.89 Å². The number of oxazole rings is 1. The molecule has 0 radical (unpaired) electrons. The predicted octanol–water partition coefficient (Wildman–Crippen LogP) is 2.27. The van der Waals surface area contributed by atoms with E-state index < -0.39 is 0 Å². The first kappa shape index (κ1) is 12.6.